The summed E-state index contributed by atoms with van der Waals surface area (Å²) in [6.45, 7) is 4.31. The van der Waals surface area contributed by atoms with Gasteiger partial charge in [-0.15, -0.1) is 0 Å². The molecule has 0 saturated carbocycles. The number of halogens is 3. The van der Waals surface area contributed by atoms with Crippen LogP contribution in [-0.2, 0) is 6.18 Å². The molecule has 11 heteroatoms. The van der Waals surface area contributed by atoms with E-state index in [-0.39, 0.29) is 10.8 Å². The molecule has 0 aliphatic carbocycles. The van der Waals surface area contributed by atoms with Gasteiger partial charge in [0.15, 0.2) is 5.69 Å². The summed E-state index contributed by atoms with van der Waals surface area (Å²) >= 11 is 1.11. The topological polar surface area (TPSA) is 73.8 Å². The number of hydrogen-bond donors (Lipinski definition) is 1. The SMILES string of the molecule is CC(=NN1CC[NH+](C)CC1)c1c(C(F)(F)F)nn(-c2nc3ccccc3s2)c1[O-]. The molecule has 1 saturated heterocycles. The lowest BCUT2D eigenvalue weighted by molar-refractivity contribution is -0.884. The molecule has 0 amide bonds. The van der Waals surface area contributed by atoms with Gasteiger partial charge in [0.05, 0.1) is 49.2 Å². The maximum Gasteiger partial charge on any atom is 0.435 e. The third-order valence-electron chi connectivity index (χ3n) is 4.82. The van der Waals surface area contributed by atoms with Gasteiger partial charge in [0.1, 0.15) is 0 Å². The Hall–Kier alpha value is -2.66. The summed E-state index contributed by atoms with van der Waals surface area (Å²) in [5.41, 5.74) is -1.15. The number of likely N-dealkylation sites (N-methyl/N-ethyl adjacent to an activating group) is 1. The molecule has 1 aromatic carbocycles. The van der Waals surface area contributed by atoms with E-state index in [1.165, 1.54) is 11.8 Å². The van der Waals surface area contributed by atoms with E-state index < -0.39 is 23.3 Å². The van der Waals surface area contributed by atoms with E-state index >= 15 is 0 Å². The molecule has 4 rings (SSSR count). The molecule has 2 aromatic heterocycles. The number of hydrogen-bond acceptors (Lipinski definition) is 6. The van der Waals surface area contributed by atoms with Gasteiger partial charge in [0, 0.05) is 11.4 Å². The van der Waals surface area contributed by atoms with Gasteiger partial charge in [-0.1, -0.05) is 23.5 Å². The molecule has 0 unspecified atom stereocenters. The van der Waals surface area contributed by atoms with Crippen molar-refractivity contribution in [2.24, 2.45) is 5.10 Å². The molecule has 1 aliphatic rings. The van der Waals surface area contributed by atoms with Gasteiger partial charge in [0.2, 0.25) is 5.13 Å². The van der Waals surface area contributed by atoms with Crippen LogP contribution >= 0.6 is 11.3 Å². The maximum atomic E-state index is 13.6. The molecule has 0 atom stereocenters. The Morgan fingerprint density at radius 2 is 1.93 bits per heavy atom. The Morgan fingerprint density at radius 1 is 1.24 bits per heavy atom. The number of hydrazone groups is 1. The average Bonchev–Trinajstić information content (AvgIpc) is 3.24. The second-order valence-electron chi connectivity index (χ2n) is 7.00. The molecule has 1 aliphatic heterocycles. The number of nitrogens with zero attached hydrogens (tertiary/aromatic N) is 5. The van der Waals surface area contributed by atoms with Crippen molar-refractivity contribution in [2.45, 2.75) is 13.1 Å². The molecule has 1 fully saturated rings. The number of para-hydroxylation sites is 1. The van der Waals surface area contributed by atoms with Crippen LogP contribution in [0, 0.1) is 0 Å². The largest absolute Gasteiger partial charge is 0.858 e. The molecule has 29 heavy (non-hydrogen) atoms. The molecule has 3 aromatic rings. The Balaban J connectivity index is 1.78. The Bertz CT molecular complexity index is 1030. The van der Waals surface area contributed by atoms with E-state index in [2.05, 4.69) is 15.2 Å². The molecule has 0 spiro atoms. The minimum atomic E-state index is -4.78. The zero-order chi connectivity index (χ0) is 20.8. The minimum Gasteiger partial charge on any atom is -0.858 e. The van der Waals surface area contributed by atoms with Crippen LogP contribution in [0.25, 0.3) is 15.3 Å². The van der Waals surface area contributed by atoms with Crippen molar-refractivity contribution in [3.8, 4) is 11.0 Å². The van der Waals surface area contributed by atoms with Gasteiger partial charge in [-0.25, -0.2) is 9.67 Å². The smallest absolute Gasteiger partial charge is 0.435 e. The van der Waals surface area contributed by atoms with E-state index in [9.17, 15) is 18.3 Å². The van der Waals surface area contributed by atoms with Crippen LogP contribution < -0.4 is 10.0 Å². The fourth-order valence-electron chi connectivity index (χ4n) is 3.25. The lowest BCUT2D eigenvalue weighted by Crippen LogP contribution is -3.11. The van der Waals surface area contributed by atoms with Crippen LogP contribution in [0.3, 0.4) is 0 Å². The molecule has 3 heterocycles. The van der Waals surface area contributed by atoms with E-state index in [1.807, 2.05) is 7.05 Å². The normalized spacial score (nSPS) is 16.7. The van der Waals surface area contributed by atoms with Gasteiger partial charge in [-0.2, -0.15) is 23.4 Å². The van der Waals surface area contributed by atoms with Crippen molar-refractivity contribution in [1.29, 1.82) is 0 Å². The summed E-state index contributed by atoms with van der Waals surface area (Å²) in [5.74, 6) is -0.864. The van der Waals surface area contributed by atoms with Crippen molar-refractivity contribution in [2.75, 3.05) is 33.2 Å². The summed E-state index contributed by atoms with van der Waals surface area (Å²) in [5, 5.41) is 22.6. The van der Waals surface area contributed by atoms with Crippen LogP contribution in [0.1, 0.15) is 18.2 Å². The average molecular weight is 424 g/mol. The Labute approximate surface area is 168 Å². The number of nitrogens with one attached hydrogen (secondary N) is 1. The summed E-state index contributed by atoms with van der Waals surface area (Å²) < 4.78 is 42.4. The molecule has 7 nitrogen and oxygen atoms in total. The quantitative estimate of drug-likeness (QED) is 0.640. The van der Waals surface area contributed by atoms with Crippen molar-refractivity contribution in [3.63, 3.8) is 0 Å². The standard InChI is InChI=1S/C18H19F3N6OS/c1-11(23-26-9-7-25(2)8-10-26)14-15(18(19,20)21)24-27(16(14)28)17-22-12-5-3-4-6-13(12)29-17/h3-6,28H,7-10H2,1-2H3. The number of rotatable bonds is 3. The van der Waals surface area contributed by atoms with Gasteiger partial charge in [-0.05, 0) is 19.1 Å². The number of alkyl halides is 3. The first kappa shape index (κ1) is 19.6. The first-order valence-corrected chi connectivity index (χ1v) is 9.90. The maximum absolute atomic E-state index is 13.6. The molecular formula is C18H19F3N6OS. The monoisotopic (exact) mass is 424 g/mol. The first-order valence-electron chi connectivity index (χ1n) is 9.09. The highest BCUT2D eigenvalue weighted by molar-refractivity contribution is 7.20. The number of thiazole rings is 1. The molecular weight excluding hydrogens is 405 g/mol. The highest BCUT2D eigenvalue weighted by atomic mass is 32.1. The summed E-state index contributed by atoms with van der Waals surface area (Å²) in [6.07, 6.45) is -4.78. The summed E-state index contributed by atoms with van der Waals surface area (Å²) in [4.78, 5) is 5.59. The van der Waals surface area contributed by atoms with Crippen LogP contribution in [-0.4, -0.2) is 58.7 Å². The van der Waals surface area contributed by atoms with E-state index in [1.54, 1.807) is 29.3 Å². The van der Waals surface area contributed by atoms with Gasteiger partial charge >= 0.3 is 6.18 Å². The lowest BCUT2D eigenvalue weighted by atomic mass is 10.1. The van der Waals surface area contributed by atoms with Crippen molar-refractivity contribution >= 4 is 27.3 Å². The molecule has 0 bridgehead atoms. The molecule has 0 radical (unpaired) electrons. The van der Waals surface area contributed by atoms with Crippen LogP contribution in [0.15, 0.2) is 29.4 Å². The fraction of sp³-hybridized carbons (Fsp3) is 0.389. The zero-order valence-corrected chi connectivity index (χ0v) is 16.6. The number of fused-ring (bicyclic) bond motifs is 1. The van der Waals surface area contributed by atoms with E-state index in [0.717, 1.165) is 33.8 Å². The number of piperazine rings is 1. The second kappa shape index (κ2) is 7.30. The highest BCUT2D eigenvalue weighted by Crippen LogP contribution is 2.37. The predicted molar refractivity (Wildman–Crippen MR) is 102 cm³/mol. The van der Waals surface area contributed by atoms with Crippen molar-refractivity contribution in [1.82, 2.24) is 19.8 Å². The van der Waals surface area contributed by atoms with Gasteiger partial charge in [0.25, 0.3) is 0 Å². The third kappa shape index (κ3) is 3.79. The van der Waals surface area contributed by atoms with Gasteiger partial charge < -0.3 is 10.0 Å². The Morgan fingerprint density at radius 3 is 2.59 bits per heavy atom. The fourth-order valence-corrected chi connectivity index (χ4v) is 4.16. The number of quaternary nitrogens is 1. The second-order valence-corrected chi connectivity index (χ2v) is 8.01. The molecule has 154 valence electrons. The number of aromatic nitrogens is 3. The van der Waals surface area contributed by atoms with Crippen LogP contribution in [0.4, 0.5) is 13.2 Å². The third-order valence-corrected chi connectivity index (χ3v) is 5.83. The highest BCUT2D eigenvalue weighted by Gasteiger charge is 2.39. The van der Waals surface area contributed by atoms with Crippen LogP contribution in [0.2, 0.25) is 0 Å². The first-order chi connectivity index (χ1) is 13.7. The van der Waals surface area contributed by atoms with Crippen LogP contribution in [0.5, 0.6) is 5.88 Å². The zero-order valence-electron chi connectivity index (χ0n) is 15.8. The van der Waals surface area contributed by atoms with Crippen molar-refractivity contribution in [3.05, 3.63) is 35.5 Å². The minimum absolute atomic E-state index is 0.00855. The lowest BCUT2D eigenvalue weighted by Gasteiger charge is -2.28. The summed E-state index contributed by atoms with van der Waals surface area (Å²) in [6, 6.07) is 7.09. The molecule has 1 N–H and O–H groups in total. The van der Waals surface area contributed by atoms with E-state index in [4.69, 9.17) is 0 Å². The van der Waals surface area contributed by atoms with E-state index in [0.29, 0.717) is 18.6 Å². The number of benzene rings is 1. The Kier molecular flexibility index (Phi) is 4.95. The van der Waals surface area contributed by atoms with Crippen molar-refractivity contribution < 1.29 is 23.2 Å². The predicted octanol–water partition coefficient (Wildman–Crippen LogP) is 1.13. The summed E-state index contributed by atoms with van der Waals surface area (Å²) in [7, 11) is 2.05. The van der Waals surface area contributed by atoms with Gasteiger partial charge in [-0.3, -0.25) is 5.01 Å².